The number of alkyl carbamates (subject to hydrolysis) is 1. The molecule has 1 heterocycles. The third-order valence-electron chi connectivity index (χ3n) is 1.61. The second-order valence-electron chi connectivity index (χ2n) is 2.15. The third kappa shape index (κ3) is 1.07. The van der Waals surface area contributed by atoms with Gasteiger partial charge >= 0.3 is 12.0 Å². The van der Waals surface area contributed by atoms with E-state index in [1.165, 1.54) is 7.11 Å². The van der Waals surface area contributed by atoms with E-state index in [1.807, 2.05) is 5.32 Å². The van der Waals surface area contributed by atoms with Gasteiger partial charge in [0, 0.05) is 13.5 Å². The Hall–Kier alpha value is -1.10. The zero-order valence-corrected chi connectivity index (χ0v) is 6.34. The number of carbonyl (C=O) groups is 2. The first-order valence-corrected chi connectivity index (χ1v) is 3.24. The summed E-state index contributed by atoms with van der Waals surface area (Å²) in [6.07, 6.45) is -0.445. The highest BCUT2D eigenvalue weighted by Crippen LogP contribution is 2.21. The fourth-order valence-corrected chi connectivity index (χ4v) is 0.921. The molecule has 5 heteroatoms. The lowest BCUT2D eigenvalue weighted by Gasteiger charge is -2.19. The molecule has 0 bridgehead atoms. The molecule has 0 spiro atoms. The van der Waals surface area contributed by atoms with Gasteiger partial charge in [-0.1, -0.05) is 6.92 Å². The molecule has 1 aliphatic rings. The SMILES string of the molecule is CCC1(OC)OC(=O)NC1=O. The van der Waals surface area contributed by atoms with Crippen LogP contribution < -0.4 is 5.32 Å². The molecule has 1 unspecified atom stereocenters. The monoisotopic (exact) mass is 159 g/mol. The summed E-state index contributed by atoms with van der Waals surface area (Å²) in [6, 6.07) is 0. The highest BCUT2D eigenvalue weighted by Gasteiger charge is 2.48. The average molecular weight is 159 g/mol. The van der Waals surface area contributed by atoms with E-state index >= 15 is 0 Å². The van der Waals surface area contributed by atoms with Gasteiger partial charge in [-0.3, -0.25) is 10.1 Å². The van der Waals surface area contributed by atoms with Gasteiger partial charge in [0.05, 0.1) is 0 Å². The van der Waals surface area contributed by atoms with E-state index in [9.17, 15) is 9.59 Å². The molecule has 1 rings (SSSR count). The van der Waals surface area contributed by atoms with Crippen molar-refractivity contribution < 1.29 is 19.1 Å². The van der Waals surface area contributed by atoms with Crippen molar-refractivity contribution in [2.24, 2.45) is 0 Å². The van der Waals surface area contributed by atoms with Crippen molar-refractivity contribution in [3.8, 4) is 0 Å². The lowest BCUT2D eigenvalue weighted by molar-refractivity contribution is -0.181. The molecule has 11 heavy (non-hydrogen) atoms. The standard InChI is InChI=1S/C6H9NO4/c1-3-6(10-2)4(8)7-5(9)11-6/h3H2,1-2H3,(H,7,8,9). The van der Waals surface area contributed by atoms with Gasteiger partial charge in [-0.2, -0.15) is 0 Å². The van der Waals surface area contributed by atoms with Gasteiger partial charge in [0.15, 0.2) is 0 Å². The van der Waals surface area contributed by atoms with Crippen molar-refractivity contribution in [2.75, 3.05) is 7.11 Å². The molecule has 1 fully saturated rings. The minimum Gasteiger partial charge on any atom is -0.407 e. The highest BCUT2D eigenvalue weighted by atomic mass is 16.7. The highest BCUT2D eigenvalue weighted by molar-refractivity contribution is 6.01. The van der Waals surface area contributed by atoms with Crippen LogP contribution in [0.4, 0.5) is 4.79 Å². The summed E-state index contributed by atoms with van der Waals surface area (Å²) in [5.41, 5.74) is 0. The molecule has 62 valence electrons. The molecule has 0 radical (unpaired) electrons. The Morgan fingerprint density at radius 3 is 2.45 bits per heavy atom. The Bertz CT molecular complexity index is 197. The van der Waals surface area contributed by atoms with Crippen molar-refractivity contribution in [1.82, 2.24) is 5.32 Å². The quantitative estimate of drug-likeness (QED) is 0.616. The Labute approximate surface area is 63.7 Å². The van der Waals surface area contributed by atoms with Gasteiger partial charge in [-0.15, -0.1) is 0 Å². The van der Waals surface area contributed by atoms with Crippen LogP contribution >= 0.6 is 0 Å². The van der Waals surface area contributed by atoms with Gasteiger partial charge in [-0.05, 0) is 0 Å². The number of amides is 2. The van der Waals surface area contributed by atoms with Crippen LogP contribution in [0.3, 0.4) is 0 Å². The molecule has 5 nitrogen and oxygen atoms in total. The maximum Gasteiger partial charge on any atom is 0.417 e. The lowest BCUT2D eigenvalue weighted by Crippen LogP contribution is -2.40. The zero-order valence-electron chi connectivity index (χ0n) is 6.34. The number of hydrogen-bond donors (Lipinski definition) is 1. The van der Waals surface area contributed by atoms with Crippen LogP contribution in [0.25, 0.3) is 0 Å². The summed E-state index contributed by atoms with van der Waals surface area (Å²) < 4.78 is 9.41. The number of imide groups is 1. The average Bonchev–Trinajstić information content (AvgIpc) is 2.27. The second-order valence-corrected chi connectivity index (χ2v) is 2.15. The molecular weight excluding hydrogens is 150 g/mol. The first-order chi connectivity index (χ1) is 5.14. The molecule has 1 saturated heterocycles. The number of methoxy groups -OCH3 is 1. The summed E-state index contributed by atoms with van der Waals surface area (Å²) in [5, 5.41) is 1.98. The molecule has 0 saturated carbocycles. The first kappa shape index (κ1) is 8.00. The Morgan fingerprint density at radius 1 is 1.64 bits per heavy atom. The Morgan fingerprint density at radius 2 is 2.27 bits per heavy atom. The molecule has 0 aromatic rings. The fraction of sp³-hybridized carbons (Fsp3) is 0.667. The van der Waals surface area contributed by atoms with Crippen LogP contribution in [0.5, 0.6) is 0 Å². The molecule has 2 amide bonds. The van der Waals surface area contributed by atoms with Crippen LogP contribution in [0, 0.1) is 0 Å². The number of cyclic esters (lactones) is 1. The predicted octanol–water partition coefficient (Wildman–Crippen LogP) is 0.00550. The molecule has 1 aliphatic heterocycles. The summed E-state index contributed by atoms with van der Waals surface area (Å²) >= 11 is 0. The maximum absolute atomic E-state index is 11.0. The van der Waals surface area contributed by atoms with Gasteiger partial charge in [0.2, 0.25) is 0 Å². The smallest absolute Gasteiger partial charge is 0.407 e. The molecular formula is C6H9NO4. The number of hydrogen-bond acceptors (Lipinski definition) is 4. The van der Waals surface area contributed by atoms with Crippen molar-refractivity contribution in [2.45, 2.75) is 19.1 Å². The van der Waals surface area contributed by atoms with E-state index in [2.05, 4.69) is 4.74 Å². The summed E-state index contributed by atoms with van der Waals surface area (Å²) in [5.74, 6) is -1.93. The van der Waals surface area contributed by atoms with Crippen LogP contribution in [0.2, 0.25) is 0 Å². The van der Waals surface area contributed by atoms with E-state index in [0.29, 0.717) is 6.42 Å². The van der Waals surface area contributed by atoms with E-state index in [0.717, 1.165) is 0 Å². The number of nitrogens with one attached hydrogen (secondary N) is 1. The minimum atomic E-state index is -1.39. The first-order valence-electron chi connectivity index (χ1n) is 3.24. The van der Waals surface area contributed by atoms with Crippen molar-refractivity contribution >= 4 is 12.0 Å². The van der Waals surface area contributed by atoms with E-state index in [4.69, 9.17) is 4.74 Å². The van der Waals surface area contributed by atoms with Crippen LogP contribution in [-0.2, 0) is 14.3 Å². The van der Waals surface area contributed by atoms with Gasteiger partial charge < -0.3 is 9.47 Å². The van der Waals surface area contributed by atoms with E-state index in [1.54, 1.807) is 6.92 Å². The maximum atomic E-state index is 11.0. The molecule has 0 aromatic carbocycles. The summed E-state index contributed by atoms with van der Waals surface area (Å²) in [4.78, 5) is 21.5. The van der Waals surface area contributed by atoms with Gasteiger partial charge in [0.1, 0.15) is 0 Å². The van der Waals surface area contributed by atoms with Gasteiger partial charge in [0.25, 0.3) is 5.79 Å². The van der Waals surface area contributed by atoms with Gasteiger partial charge in [-0.25, -0.2) is 4.79 Å². The number of rotatable bonds is 2. The fourth-order valence-electron chi connectivity index (χ4n) is 0.921. The van der Waals surface area contributed by atoms with E-state index in [-0.39, 0.29) is 0 Å². The van der Waals surface area contributed by atoms with Crippen LogP contribution in [-0.4, -0.2) is 24.9 Å². The largest absolute Gasteiger partial charge is 0.417 e. The lowest BCUT2D eigenvalue weighted by atomic mass is 10.2. The second kappa shape index (κ2) is 2.50. The Kier molecular flexibility index (Phi) is 1.82. The molecule has 0 aliphatic carbocycles. The molecule has 1 N–H and O–H groups in total. The van der Waals surface area contributed by atoms with E-state index < -0.39 is 17.8 Å². The van der Waals surface area contributed by atoms with Crippen molar-refractivity contribution in [1.29, 1.82) is 0 Å². The molecule has 1 atom stereocenters. The van der Waals surface area contributed by atoms with Crippen molar-refractivity contribution in [3.05, 3.63) is 0 Å². The Balaban J connectivity index is 2.84. The summed E-state index contributed by atoms with van der Waals surface area (Å²) in [7, 11) is 1.32. The number of ether oxygens (including phenoxy) is 2. The summed E-state index contributed by atoms with van der Waals surface area (Å²) in [6.45, 7) is 1.70. The van der Waals surface area contributed by atoms with Crippen molar-refractivity contribution in [3.63, 3.8) is 0 Å². The zero-order chi connectivity index (χ0) is 8.48. The predicted molar refractivity (Wildman–Crippen MR) is 34.7 cm³/mol. The van der Waals surface area contributed by atoms with Crippen LogP contribution in [0.1, 0.15) is 13.3 Å². The topological polar surface area (TPSA) is 64.6 Å². The number of carbonyl (C=O) groups excluding carboxylic acids is 2. The minimum absolute atomic E-state index is 0.307. The third-order valence-corrected chi connectivity index (χ3v) is 1.61. The van der Waals surface area contributed by atoms with Crippen LogP contribution in [0.15, 0.2) is 0 Å². The molecule has 0 aromatic heterocycles. The normalized spacial score (nSPS) is 30.0.